The zero-order valence-electron chi connectivity index (χ0n) is 20.8. The molecule has 0 amide bonds. The van der Waals surface area contributed by atoms with E-state index in [9.17, 15) is 12.8 Å². The van der Waals surface area contributed by atoms with Crippen molar-refractivity contribution in [2.24, 2.45) is 13.0 Å². The van der Waals surface area contributed by atoms with E-state index in [-0.39, 0.29) is 17.3 Å². The van der Waals surface area contributed by atoms with Crippen molar-refractivity contribution in [3.05, 3.63) is 59.2 Å². The zero-order chi connectivity index (χ0) is 26.1. The molecule has 1 aliphatic heterocycles. The summed E-state index contributed by atoms with van der Waals surface area (Å²) in [6.45, 7) is 2.43. The van der Waals surface area contributed by atoms with Gasteiger partial charge in [-0.15, -0.1) is 0 Å². The van der Waals surface area contributed by atoms with Gasteiger partial charge in [0.05, 0.1) is 11.4 Å². The van der Waals surface area contributed by atoms with E-state index in [1.807, 2.05) is 13.1 Å². The van der Waals surface area contributed by atoms with E-state index in [1.165, 1.54) is 18.4 Å². The first-order valence-corrected chi connectivity index (χ1v) is 14.0. The molecule has 0 radical (unpaired) electrons. The maximum absolute atomic E-state index is 14.4. The van der Waals surface area contributed by atoms with E-state index in [2.05, 4.69) is 15.2 Å². The van der Waals surface area contributed by atoms with E-state index in [0.717, 1.165) is 18.4 Å². The van der Waals surface area contributed by atoms with Crippen LogP contribution in [0.5, 0.6) is 5.75 Å². The van der Waals surface area contributed by atoms with Crippen molar-refractivity contribution in [1.82, 2.24) is 24.5 Å². The lowest BCUT2D eigenvalue weighted by atomic mass is 9.94. The lowest BCUT2D eigenvalue weighted by Gasteiger charge is -2.21. The largest absolute Gasteiger partial charge is 0.482 e. The molecule has 1 saturated carbocycles. The molecule has 1 aliphatic carbocycles. The van der Waals surface area contributed by atoms with Gasteiger partial charge in [0.25, 0.3) is 0 Å². The average Bonchev–Trinajstić information content (AvgIpc) is 3.46. The predicted molar refractivity (Wildman–Crippen MR) is 136 cm³/mol. The highest BCUT2D eigenvalue weighted by molar-refractivity contribution is 7.90. The Bertz CT molecular complexity index is 1650. The molecule has 0 unspecified atom stereocenters. The van der Waals surface area contributed by atoms with Gasteiger partial charge in [0.1, 0.15) is 11.9 Å². The van der Waals surface area contributed by atoms with Gasteiger partial charge in [0, 0.05) is 66.5 Å². The molecule has 9 nitrogen and oxygen atoms in total. The summed E-state index contributed by atoms with van der Waals surface area (Å²) in [6.07, 6.45) is 6.50. The third-order valence-electron chi connectivity index (χ3n) is 6.93. The van der Waals surface area contributed by atoms with Gasteiger partial charge in [-0.05, 0) is 49.9 Å². The van der Waals surface area contributed by atoms with Crippen molar-refractivity contribution < 1.29 is 17.5 Å². The van der Waals surface area contributed by atoms with Gasteiger partial charge in [0.15, 0.2) is 26.4 Å². The number of benzene rings is 1. The maximum atomic E-state index is 14.4. The number of ether oxygens (including phenoxy) is 1. The summed E-state index contributed by atoms with van der Waals surface area (Å²) in [5.74, 6) is 0.558. The van der Waals surface area contributed by atoms with Crippen LogP contribution in [0.1, 0.15) is 42.6 Å². The topological polar surface area (TPSA) is 118 Å². The lowest BCUT2D eigenvalue weighted by molar-refractivity contribution is 0.227. The number of pyridine rings is 1. The van der Waals surface area contributed by atoms with Gasteiger partial charge in [-0.25, -0.2) is 17.8 Å². The van der Waals surface area contributed by atoms with Crippen molar-refractivity contribution in [2.75, 3.05) is 12.0 Å². The summed E-state index contributed by atoms with van der Waals surface area (Å²) in [6, 6.07) is 6.25. The molecule has 3 aromatic heterocycles. The first-order valence-electron chi connectivity index (χ1n) is 12.1. The molecule has 4 heterocycles. The third-order valence-corrected chi connectivity index (χ3v) is 7.96. The van der Waals surface area contributed by atoms with Crippen LogP contribution in [0.4, 0.5) is 10.2 Å². The third kappa shape index (κ3) is 4.26. The van der Waals surface area contributed by atoms with E-state index >= 15 is 0 Å². The number of nitrogens with zero attached hydrogens (tertiary/aromatic N) is 5. The minimum Gasteiger partial charge on any atom is -0.482 e. The Morgan fingerprint density at radius 1 is 1.22 bits per heavy atom. The smallest absolute Gasteiger partial charge is 0.194 e. The minimum atomic E-state index is -3.66. The molecule has 192 valence electrons. The zero-order valence-corrected chi connectivity index (χ0v) is 21.6. The van der Waals surface area contributed by atoms with Crippen LogP contribution in [0.3, 0.4) is 0 Å². The normalized spacial score (nSPS) is 17.1. The fraction of sp³-hybridized carbons (Fsp3) is 0.346. The standard InChI is InChI=1S/C26H27FN6O3S/c1-14-20-10-18(27)6-7-19(20)23-17(13-32(2)30-23)8-21-24(16-9-22(36-14)25(28)29-11-16)33(12-15-4-5-15)31-26(21)37(3,34)35/h6-7,9-11,13-15H,4-5,8,12H2,1-3H3,(H2,28,29)/t14-/m1/s1. The molecule has 2 N–H and O–H groups in total. The lowest BCUT2D eigenvalue weighted by Crippen LogP contribution is -2.10. The molecular weight excluding hydrogens is 495 g/mol. The summed E-state index contributed by atoms with van der Waals surface area (Å²) in [4.78, 5) is 4.36. The Morgan fingerprint density at radius 2 is 2.00 bits per heavy atom. The number of hydrogen-bond acceptors (Lipinski definition) is 7. The first kappa shape index (κ1) is 23.7. The maximum Gasteiger partial charge on any atom is 0.194 e. The highest BCUT2D eigenvalue weighted by atomic mass is 32.2. The number of anilines is 1. The van der Waals surface area contributed by atoms with Crippen molar-refractivity contribution in [3.8, 4) is 28.3 Å². The van der Waals surface area contributed by atoms with E-state index in [4.69, 9.17) is 10.5 Å². The number of fused-ring (bicyclic) bond motifs is 7. The van der Waals surface area contributed by atoms with Gasteiger partial charge in [0.2, 0.25) is 0 Å². The highest BCUT2D eigenvalue weighted by Crippen LogP contribution is 2.41. The molecular formula is C26H27FN6O3S. The molecule has 4 aromatic rings. The molecule has 1 fully saturated rings. The van der Waals surface area contributed by atoms with Crippen LogP contribution in [-0.2, 0) is 29.9 Å². The van der Waals surface area contributed by atoms with Gasteiger partial charge < -0.3 is 10.5 Å². The Kier molecular flexibility index (Phi) is 5.37. The average molecular weight is 523 g/mol. The molecule has 0 saturated heterocycles. The monoisotopic (exact) mass is 522 g/mol. The van der Waals surface area contributed by atoms with Crippen molar-refractivity contribution >= 4 is 15.7 Å². The minimum absolute atomic E-state index is 0.0296. The van der Waals surface area contributed by atoms with Crippen LogP contribution in [0.15, 0.2) is 41.7 Å². The summed E-state index contributed by atoms with van der Waals surface area (Å²) < 4.78 is 50.1. The van der Waals surface area contributed by atoms with Gasteiger partial charge in [-0.2, -0.15) is 10.2 Å². The van der Waals surface area contributed by atoms with Gasteiger partial charge in [-0.1, -0.05) is 0 Å². The van der Waals surface area contributed by atoms with Gasteiger partial charge in [-0.3, -0.25) is 9.36 Å². The fourth-order valence-electron chi connectivity index (χ4n) is 5.04. The van der Waals surface area contributed by atoms with Crippen molar-refractivity contribution in [2.45, 2.75) is 43.9 Å². The van der Waals surface area contributed by atoms with E-state index in [0.29, 0.717) is 51.9 Å². The number of aryl methyl sites for hydroxylation is 1. The van der Waals surface area contributed by atoms with Crippen LogP contribution < -0.4 is 10.5 Å². The van der Waals surface area contributed by atoms with Crippen molar-refractivity contribution in [1.29, 1.82) is 0 Å². The second kappa shape index (κ2) is 8.41. The number of nitrogen functional groups attached to an aromatic ring is 1. The molecule has 0 spiro atoms. The number of nitrogens with two attached hydrogens (primary N) is 1. The quantitative estimate of drug-likeness (QED) is 0.433. The summed E-state index contributed by atoms with van der Waals surface area (Å²) in [5, 5.41) is 9.33. The van der Waals surface area contributed by atoms with Crippen LogP contribution in [0.2, 0.25) is 0 Å². The molecule has 37 heavy (non-hydrogen) atoms. The first-order chi connectivity index (χ1) is 17.6. The molecule has 2 aliphatic rings. The van der Waals surface area contributed by atoms with Crippen LogP contribution in [-0.4, -0.2) is 39.2 Å². The molecule has 1 aromatic carbocycles. The van der Waals surface area contributed by atoms with Crippen molar-refractivity contribution in [3.63, 3.8) is 0 Å². The van der Waals surface area contributed by atoms with E-state index in [1.54, 1.807) is 34.7 Å². The highest BCUT2D eigenvalue weighted by Gasteiger charge is 2.32. The number of hydrogen-bond donors (Lipinski definition) is 1. The Hall–Kier alpha value is -3.73. The number of rotatable bonds is 3. The summed E-state index contributed by atoms with van der Waals surface area (Å²) >= 11 is 0. The Labute approximate surface area is 214 Å². The van der Waals surface area contributed by atoms with Crippen LogP contribution >= 0.6 is 0 Å². The summed E-state index contributed by atoms with van der Waals surface area (Å²) in [5.41, 5.74) is 10.8. The second-order valence-corrected chi connectivity index (χ2v) is 11.9. The number of halogens is 1. The Balaban J connectivity index is 1.68. The molecule has 2 bridgehead atoms. The number of sulfone groups is 1. The SMILES string of the molecule is C[C@H]1Oc2cc(cnc2N)-c2c(c(S(C)(=O)=O)nn2CC2CC2)Cc2cn(C)nc2-c2ccc(F)cc21. The van der Waals surface area contributed by atoms with E-state index < -0.39 is 21.8 Å². The van der Waals surface area contributed by atoms with Crippen LogP contribution in [0, 0.1) is 11.7 Å². The molecule has 11 heteroatoms. The second-order valence-electron chi connectivity index (χ2n) is 9.98. The number of aromatic nitrogens is 5. The Morgan fingerprint density at radius 3 is 2.73 bits per heavy atom. The predicted octanol–water partition coefficient (Wildman–Crippen LogP) is 3.92. The summed E-state index contributed by atoms with van der Waals surface area (Å²) in [7, 11) is -1.86. The van der Waals surface area contributed by atoms with Crippen LogP contribution in [0.25, 0.3) is 22.5 Å². The fourth-order valence-corrected chi connectivity index (χ4v) is 5.90. The van der Waals surface area contributed by atoms with Gasteiger partial charge >= 0.3 is 0 Å². The molecule has 1 atom stereocenters. The molecule has 6 rings (SSSR count).